The van der Waals surface area contributed by atoms with Crippen LogP contribution >= 0.6 is 12.2 Å². The molecule has 0 unspecified atom stereocenters. The molecule has 2 aromatic carbocycles. The van der Waals surface area contributed by atoms with Gasteiger partial charge in [-0.2, -0.15) is 0 Å². The smallest absolute Gasteiger partial charge is 0.182 e. The maximum absolute atomic E-state index is 5.60. The number of nitrogens with zero attached hydrogens (tertiary/aromatic N) is 1. The number of hydrogen-bond donors (Lipinski definition) is 1. The van der Waals surface area contributed by atoms with E-state index in [1.165, 1.54) is 24.0 Å². The second-order valence-corrected chi connectivity index (χ2v) is 8.67. The number of fused-ring (bicyclic) bond motifs is 2. The van der Waals surface area contributed by atoms with Crippen LogP contribution in [0.15, 0.2) is 42.5 Å². The molecule has 0 amide bonds. The highest BCUT2D eigenvalue weighted by Crippen LogP contribution is 2.46. The van der Waals surface area contributed by atoms with Crippen LogP contribution in [0.25, 0.3) is 16.7 Å². The van der Waals surface area contributed by atoms with E-state index in [0.29, 0.717) is 0 Å². The minimum atomic E-state index is 0.204. The lowest BCUT2D eigenvalue weighted by atomic mass is 9.63. The lowest BCUT2D eigenvalue weighted by Gasteiger charge is -2.42. The number of aromatic amines is 1. The first-order chi connectivity index (χ1) is 11.3. The first-order valence-corrected chi connectivity index (χ1v) is 9.06. The average molecular weight is 337 g/mol. The van der Waals surface area contributed by atoms with Crippen molar-refractivity contribution in [2.45, 2.75) is 51.4 Å². The zero-order valence-electron chi connectivity index (χ0n) is 14.8. The molecule has 1 aromatic heterocycles. The highest BCUT2D eigenvalue weighted by Gasteiger charge is 2.37. The zero-order chi connectivity index (χ0) is 17.1. The van der Waals surface area contributed by atoms with Gasteiger partial charge in [0, 0.05) is 5.69 Å². The number of imidazole rings is 1. The van der Waals surface area contributed by atoms with Crippen LogP contribution in [0.1, 0.15) is 51.7 Å². The first-order valence-electron chi connectivity index (χ1n) is 8.65. The Kier molecular flexibility index (Phi) is 3.30. The normalized spacial score (nSPS) is 18.5. The third kappa shape index (κ3) is 2.26. The van der Waals surface area contributed by atoms with E-state index in [0.717, 1.165) is 21.5 Å². The van der Waals surface area contributed by atoms with E-state index in [2.05, 4.69) is 73.6 Å². The molecule has 4 rings (SSSR count). The van der Waals surface area contributed by atoms with E-state index in [4.69, 9.17) is 12.2 Å². The summed E-state index contributed by atoms with van der Waals surface area (Å²) >= 11 is 5.60. The molecular formula is C21H24N2S. The largest absolute Gasteiger partial charge is 0.330 e. The lowest BCUT2D eigenvalue weighted by molar-refractivity contribution is 0.332. The highest BCUT2D eigenvalue weighted by atomic mass is 32.1. The van der Waals surface area contributed by atoms with E-state index in [-0.39, 0.29) is 10.8 Å². The van der Waals surface area contributed by atoms with Gasteiger partial charge in [-0.05, 0) is 71.3 Å². The zero-order valence-corrected chi connectivity index (χ0v) is 15.6. The number of para-hydroxylation sites is 2. The third-order valence-electron chi connectivity index (χ3n) is 5.68. The van der Waals surface area contributed by atoms with Crippen molar-refractivity contribution in [2.75, 3.05) is 0 Å². The van der Waals surface area contributed by atoms with Gasteiger partial charge in [-0.15, -0.1) is 0 Å². The summed E-state index contributed by atoms with van der Waals surface area (Å²) in [6.45, 7) is 9.44. The van der Waals surface area contributed by atoms with Crippen molar-refractivity contribution in [1.82, 2.24) is 9.55 Å². The Bertz CT molecular complexity index is 988. The number of benzene rings is 2. The average Bonchev–Trinajstić information content (AvgIpc) is 2.87. The summed E-state index contributed by atoms with van der Waals surface area (Å²) in [6.07, 6.45) is 2.45. The van der Waals surface area contributed by atoms with E-state index in [1.807, 2.05) is 6.07 Å². The number of H-pyrrole nitrogens is 1. The summed E-state index contributed by atoms with van der Waals surface area (Å²) in [4.78, 5) is 3.32. The molecule has 1 aliphatic carbocycles. The van der Waals surface area contributed by atoms with Crippen LogP contribution in [-0.4, -0.2) is 9.55 Å². The highest BCUT2D eigenvalue weighted by molar-refractivity contribution is 7.71. The fourth-order valence-corrected chi connectivity index (χ4v) is 4.34. The van der Waals surface area contributed by atoms with Crippen LogP contribution < -0.4 is 0 Å². The van der Waals surface area contributed by atoms with E-state index < -0.39 is 0 Å². The van der Waals surface area contributed by atoms with E-state index in [1.54, 1.807) is 0 Å². The fourth-order valence-electron chi connectivity index (χ4n) is 4.03. The molecule has 0 radical (unpaired) electrons. The summed E-state index contributed by atoms with van der Waals surface area (Å²) in [5.74, 6) is 0. The van der Waals surface area contributed by atoms with Gasteiger partial charge in [0.15, 0.2) is 4.77 Å². The van der Waals surface area contributed by atoms with Gasteiger partial charge < -0.3 is 4.98 Å². The monoisotopic (exact) mass is 336 g/mol. The molecule has 1 N–H and O–H groups in total. The van der Waals surface area contributed by atoms with Gasteiger partial charge >= 0.3 is 0 Å². The van der Waals surface area contributed by atoms with Crippen LogP contribution in [0.2, 0.25) is 0 Å². The minimum Gasteiger partial charge on any atom is -0.330 e. The van der Waals surface area contributed by atoms with Crippen molar-refractivity contribution in [2.24, 2.45) is 0 Å². The van der Waals surface area contributed by atoms with Gasteiger partial charge in [-0.25, -0.2) is 0 Å². The molecule has 24 heavy (non-hydrogen) atoms. The van der Waals surface area contributed by atoms with E-state index >= 15 is 0 Å². The Labute approximate surface area is 148 Å². The summed E-state index contributed by atoms with van der Waals surface area (Å²) in [6, 6.07) is 15.2. The maximum Gasteiger partial charge on any atom is 0.182 e. The molecule has 0 fully saturated rings. The summed E-state index contributed by atoms with van der Waals surface area (Å²) < 4.78 is 2.91. The van der Waals surface area contributed by atoms with Crippen LogP contribution in [0.3, 0.4) is 0 Å². The predicted molar refractivity (Wildman–Crippen MR) is 104 cm³/mol. The third-order valence-corrected chi connectivity index (χ3v) is 5.97. The Morgan fingerprint density at radius 3 is 2.33 bits per heavy atom. The Hall–Kier alpha value is -1.87. The minimum absolute atomic E-state index is 0.204. The second-order valence-electron chi connectivity index (χ2n) is 8.28. The number of hydrogen-bond acceptors (Lipinski definition) is 1. The molecule has 1 heterocycles. The first kappa shape index (κ1) is 15.6. The van der Waals surface area contributed by atoms with Gasteiger partial charge in [0.25, 0.3) is 0 Å². The molecule has 0 spiro atoms. The van der Waals surface area contributed by atoms with Gasteiger partial charge in [0.05, 0.1) is 11.0 Å². The molecule has 3 heteroatoms. The van der Waals surface area contributed by atoms with Crippen molar-refractivity contribution in [3.63, 3.8) is 0 Å². The van der Waals surface area contributed by atoms with Crippen molar-refractivity contribution in [3.8, 4) is 5.69 Å². The fraction of sp³-hybridized carbons (Fsp3) is 0.381. The molecule has 2 nitrogen and oxygen atoms in total. The lowest BCUT2D eigenvalue weighted by Crippen LogP contribution is -2.33. The molecular weight excluding hydrogens is 312 g/mol. The number of nitrogens with one attached hydrogen (secondary N) is 1. The Morgan fingerprint density at radius 2 is 1.58 bits per heavy atom. The Balaban J connectivity index is 1.98. The van der Waals surface area contributed by atoms with Crippen molar-refractivity contribution >= 4 is 23.3 Å². The SMILES string of the molecule is CC1(C)CCC(C)(C)c2cc(-n3c(=S)[nH]c4ccccc43)ccc21. The van der Waals surface area contributed by atoms with Gasteiger partial charge in [-0.1, -0.05) is 45.9 Å². The molecule has 0 saturated carbocycles. The van der Waals surface area contributed by atoms with Crippen LogP contribution in [-0.2, 0) is 10.8 Å². The van der Waals surface area contributed by atoms with Crippen LogP contribution in [0.5, 0.6) is 0 Å². The molecule has 1 aliphatic rings. The van der Waals surface area contributed by atoms with Crippen molar-refractivity contribution in [3.05, 3.63) is 58.4 Å². The summed E-state index contributed by atoms with van der Waals surface area (Å²) in [7, 11) is 0. The summed E-state index contributed by atoms with van der Waals surface area (Å²) in [5, 5.41) is 0. The standard InChI is InChI=1S/C21H24N2S/c1-20(2)11-12-21(3,4)16-13-14(9-10-15(16)20)23-18-8-6-5-7-17(18)22-19(23)24/h5-10,13H,11-12H2,1-4H3,(H,22,24). The van der Waals surface area contributed by atoms with Gasteiger partial charge in [0.2, 0.25) is 0 Å². The molecule has 124 valence electrons. The molecule has 3 aromatic rings. The van der Waals surface area contributed by atoms with E-state index in [9.17, 15) is 0 Å². The quantitative estimate of drug-likeness (QED) is 0.537. The van der Waals surface area contributed by atoms with Crippen molar-refractivity contribution in [1.29, 1.82) is 0 Å². The molecule has 0 aliphatic heterocycles. The number of rotatable bonds is 1. The second kappa shape index (κ2) is 5.06. The van der Waals surface area contributed by atoms with Crippen LogP contribution in [0.4, 0.5) is 0 Å². The van der Waals surface area contributed by atoms with Crippen LogP contribution in [0, 0.1) is 4.77 Å². The maximum atomic E-state index is 5.60. The van der Waals surface area contributed by atoms with Gasteiger partial charge in [0.1, 0.15) is 0 Å². The molecule has 0 atom stereocenters. The topological polar surface area (TPSA) is 20.7 Å². The summed E-state index contributed by atoms with van der Waals surface area (Å²) in [5.41, 5.74) is 6.76. The van der Waals surface area contributed by atoms with Gasteiger partial charge in [-0.3, -0.25) is 4.57 Å². The molecule has 0 bridgehead atoms. The molecule has 0 saturated heterocycles. The van der Waals surface area contributed by atoms with Crippen molar-refractivity contribution < 1.29 is 0 Å². The number of aromatic nitrogens is 2. The predicted octanol–water partition coefficient (Wildman–Crippen LogP) is 6.04. The Morgan fingerprint density at radius 1 is 0.917 bits per heavy atom.